The second-order valence-corrected chi connectivity index (χ2v) is 7.08. The second-order valence-electron chi connectivity index (χ2n) is 7.08. The Hall–Kier alpha value is -2.41. The third-order valence-corrected chi connectivity index (χ3v) is 5.04. The number of hydrogen-bond acceptors (Lipinski definition) is 4. The lowest BCUT2D eigenvalue weighted by Crippen LogP contribution is -2.39. The quantitative estimate of drug-likeness (QED) is 0.597. The summed E-state index contributed by atoms with van der Waals surface area (Å²) < 4.78 is 7.28. The highest BCUT2D eigenvalue weighted by atomic mass is 16.5. The summed E-state index contributed by atoms with van der Waals surface area (Å²) in [6, 6.07) is 8.53. The highest BCUT2D eigenvalue weighted by Crippen LogP contribution is 2.18. The molecule has 0 radical (unpaired) electrons. The molecule has 0 unspecified atom stereocenters. The lowest BCUT2D eigenvalue weighted by atomic mass is 9.96. The Labute approximate surface area is 161 Å². The predicted octanol–water partition coefficient (Wildman–Crippen LogP) is 2.15. The van der Waals surface area contributed by atoms with E-state index in [9.17, 15) is 0 Å². The number of hydrogen-bond donors (Lipinski definition) is 1. The molecule has 0 bridgehead atoms. The van der Waals surface area contributed by atoms with Crippen LogP contribution in [0.25, 0.3) is 0 Å². The minimum absolute atomic E-state index is 0.730. The Bertz CT molecular complexity index is 709. The molecule has 3 rings (SSSR count). The van der Waals surface area contributed by atoms with Gasteiger partial charge in [-0.25, -0.2) is 9.67 Å². The van der Waals surface area contributed by atoms with Crippen LogP contribution in [0.4, 0.5) is 0 Å². The molecular weight excluding hydrogens is 340 g/mol. The van der Waals surface area contributed by atoms with E-state index in [2.05, 4.69) is 56.6 Å². The maximum Gasteiger partial charge on any atom is 0.193 e. The molecule has 2 heterocycles. The van der Waals surface area contributed by atoms with Crippen molar-refractivity contribution in [3.8, 4) is 0 Å². The Morgan fingerprint density at radius 2 is 2.15 bits per heavy atom. The standard InChI is InChI=1S/C20H30N6O/c1-21-20(25(2)9-6-17-7-10-27-11-8-17)23-13-18-4-3-5-19(12-18)14-26-16-22-15-24-26/h3-5,12,15-17H,6-11,13-14H2,1-2H3,(H,21,23). The van der Waals surface area contributed by atoms with Crippen LogP contribution in [0.5, 0.6) is 0 Å². The number of nitrogens with zero attached hydrogens (tertiary/aromatic N) is 5. The van der Waals surface area contributed by atoms with Crippen molar-refractivity contribution < 1.29 is 4.74 Å². The Morgan fingerprint density at radius 3 is 2.89 bits per heavy atom. The van der Waals surface area contributed by atoms with Crippen LogP contribution in [0, 0.1) is 5.92 Å². The molecule has 1 aliphatic heterocycles. The molecule has 0 amide bonds. The molecule has 1 aromatic carbocycles. The Kier molecular flexibility index (Phi) is 7.21. The first kappa shape index (κ1) is 19.4. The summed E-state index contributed by atoms with van der Waals surface area (Å²) in [5, 5.41) is 7.64. The molecular formula is C20H30N6O. The second kappa shape index (κ2) is 10.1. The van der Waals surface area contributed by atoms with Gasteiger partial charge in [-0.2, -0.15) is 5.10 Å². The average molecular weight is 371 g/mol. The number of guanidine groups is 1. The summed E-state index contributed by atoms with van der Waals surface area (Å²) in [6.07, 6.45) is 6.84. The fourth-order valence-electron chi connectivity index (χ4n) is 3.42. The summed E-state index contributed by atoms with van der Waals surface area (Å²) >= 11 is 0. The van der Waals surface area contributed by atoms with Crippen molar-refractivity contribution in [1.82, 2.24) is 25.0 Å². The van der Waals surface area contributed by atoms with E-state index in [1.165, 1.54) is 30.4 Å². The fourth-order valence-corrected chi connectivity index (χ4v) is 3.42. The lowest BCUT2D eigenvalue weighted by molar-refractivity contribution is 0.0625. The highest BCUT2D eigenvalue weighted by molar-refractivity contribution is 5.79. The predicted molar refractivity (Wildman–Crippen MR) is 107 cm³/mol. The number of aliphatic imine (C=N–C) groups is 1. The van der Waals surface area contributed by atoms with Crippen molar-refractivity contribution in [3.05, 3.63) is 48.0 Å². The molecule has 27 heavy (non-hydrogen) atoms. The van der Waals surface area contributed by atoms with E-state index >= 15 is 0 Å². The molecule has 1 fully saturated rings. The van der Waals surface area contributed by atoms with Crippen LogP contribution in [-0.4, -0.2) is 59.5 Å². The molecule has 7 nitrogen and oxygen atoms in total. The van der Waals surface area contributed by atoms with E-state index < -0.39 is 0 Å². The van der Waals surface area contributed by atoms with Gasteiger partial charge in [0.1, 0.15) is 12.7 Å². The third-order valence-electron chi connectivity index (χ3n) is 5.04. The van der Waals surface area contributed by atoms with Gasteiger partial charge in [0, 0.05) is 40.4 Å². The van der Waals surface area contributed by atoms with Crippen LogP contribution in [0.1, 0.15) is 30.4 Å². The molecule has 1 N–H and O–H groups in total. The summed E-state index contributed by atoms with van der Waals surface area (Å²) in [4.78, 5) is 10.6. The van der Waals surface area contributed by atoms with Gasteiger partial charge in [-0.1, -0.05) is 24.3 Å². The van der Waals surface area contributed by atoms with Crippen LogP contribution in [0.3, 0.4) is 0 Å². The number of benzene rings is 1. The zero-order valence-electron chi connectivity index (χ0n) is 16.3. The third kappa shape index (κ3) is 6.06. The Balaban J connectivity index is 1.48. The van der Waals surface area contributed by atoms with Gasteiger partial charge in [0.2, 0.25) is 0 Å². The SMILES string of the molecule is CN=C(NCc1cccc(Cn2cncn2)c1)N(C)CCC1CCOCC1. The Morgan fingerprint density at radius 1 is 1.33 bits per heavy atom. The maximum absolute atomic E-state index is 5.45. The van der Waals surface area contributed by atoms with Gasteiger partial charge in [-0.15, -0.1) is 0 Å². The van der Waals surface area contributed by atoms with E-state index in [4.69, 9.17) is 4.74 Å². The van der Waals surface area contributed by atoms with Crippen molar-refractivity contribution >= 4 is 5.96 Å². The molecule has 0 saturated carbocycles. The first-order chi connectivity index (χ1) is 13.2. The van der Waals surface area contributed by atoms with Crippen LogP contribution in [0.2, 0.25) is 0 Å². The van der Waals surface area contributed by atoms with Crippen molar-refractivity contribution in [2.75, 3.05) is 33.9 Å². The summed E-state index contributed by atoms with van der Waals surface area (Å²) in [5.74, 6) is 1.71. The summed E-state index contributed by atoms with van der Waals surface area (Å²) in [5.41, 5.74) is 2.44. The zero-order valence-corrected chi connectivity index (χ0v) is 16.3. The largest absolute Gasteiger partial charge is 0.381 e. The molecule has 2 aromatic rings. The fraction of sp³-hybridized carbons (Fsp3) is 0.550. The molecule has 1 aromatic heterocycles. The average Bonchev–Trinajstić information content (AvgIpc) is 3.21. The minimum Gasteiger partial charge on any atom is -0.381 e. The van der Waals surface area contributed by atoms with Crippen molar-refractivity contribution in [2.24, 2.45) is 10.9 Å². The van der Waals surface area contributed by atoms with Gasteiger partial charge >= 0.3 is 0 Å². The molecule has 146 valence electrons. The first-order valence-electron chi connectivity index (χ1n) is 9.64. The van der Waals surface area contributed by atoms with Crippen LogP contribution in [-0.2, 0) is 17.8 Å². The van der Waals surface area contributed by atoms with Crippen LogP contribution < -0.4 is 5.32 Å². The number of aromatic nitrogens is 3. The molecule has 1 aliphatic rings. The molecule has 0 atom stereocenters. The molecule has 0 spiro atoms. The zero-order chi connectivity index (χ0) is 18.9. The lowest BCUT2D eigenvalue weighted by Gasteiger charge is -2.27. The molecule has 7 heteroatoms. The van der Waals surface area contributed by atoms with E-state index in [0.29, 0.717) is 0 Å². The van der Waals surface area contributed by atoms with Gasteiger partial charge in [-0.05, 0) is 36.3 Å². The highest BCUT2D eigenvalue weighted by Gasteiger charge is 2.15. The number of rotatable bonds is 7. The monoisotopic (exact) mass is 370 g/mol. The van der Waals surface area contributed by atoms with Crippen molar-refractivity contribution in [1.29, 1.82) is 0 Å². The number of nitrogens with one attached hydrogen (secondary N) is 1. The van der Waals surface area contributed by atoms with E-state index in [0.717, 1.165) is 44.7 Å². The van der Waals surface area contributed by atoms with E-state index in [1.54, 1.807) is 12.7 Å². The van der Waals surface area contributed by atoms with Gasteiger partial charge in [0.05, 0.1) is 6.54 Å². The normalized spacial score (nSPS) is 15.7. The molecule has 0 aliphatic carbocycles. The maximum atomic E-state index is 5.45. The van der Waals surface area contributed by atoms with Crippen molar-refractivity contribution in [3.63, 3.8) is 0 Å². The number of ether oxygens (including phenoxy) is 1. The topological polar surface area (TPSA) is 67.6 Å². The first-order valence-corrected chi connectivity index (χ1v) is 9.64. The van der Waals surface area contributed by atoms with Gasteiger partial charge < -0.3 is 15.0 Å². The van der Waals surface area contributed by atoms with Crippen molar-refractivity contribution in [2.45, 2.75) is 32.4 Å². The minimum atomic E-state index is 0.730. The van der Waals surface area contributed by atoms with Gasteiger partial charge in [-0.3, -0.25) is 4.99 Å². The van der Waals surface area contributed by atoms with Crippen LogP contribution in [0.15, 0.2) is 41.9 Å². The summed E-state index contributed by atoms with van der Waals surface area (Å²) in [6.45, 7) is 4.31. The van der Waals surface area contributed by atoms with E-state index in [1.807, 2.05) is 11.7 Å². The summed E-state index contributed by atoms with van der Waals surface area (Å²) in [7, 11) is 3.95. The van der Waals surface area contributed by atoms with E-state index in [-0.39, 0.29) is 0 Å². The molecule has 1 saturated heterocycles. The van der Waals surface area contributed by atoms with Gasteiger partial charge in [0.15, 0.2) is 5.96 Å². The van der Waals surface area contributed by atoms with Gasteiger partial charge in [0.25, 0.3) is 0 Å². The van der Waals surface area contributed by atoms with Crippen LogP contribution >= 0.6 is 0 Å². The smallest absolute Gasteiger partial charge is 0.193 e.